The molecule has 0 saturated heterocycles. The van der Waals surface area contributed by atoms with Gasteiger partial charge in [0.1, 0.15) is 40.5 Å². The number of methoxy groups -OCH3 is 1. The van der Waals surface area contributed by atoms with Crippen LogP contribution in [-0.2, 0) is 6.42 Å². The average Bonchev–Trinajstić information content (AvgIpc) is 3.09. The number of benzene rings is 2. The van der Waals surface area contributed by atoms with E-state index in [0.29, 0.717) is 13.0 Å². The van der Waals surface area contributed by atoms with Gasteiger partial charge in [0.25, 0.3) is 0 Å². The van der Waals surface area contributed by atoms with Crippen LogP contribution in [0.15, 0.2) is 35.9 Å². The molecule has 1 N–H and O–H groups in total. The van der Waals surface area contributed by atoms with Gasteiger partial charge in [-0.2, -0.15) is 0 Å². The summed E-state index contributed by atoms with van der Waals surface area (Å²) in [6, 6.07) is 5.66. The lowest BCUT2D eigenvalue weighted by Crippen LogP contribution is -2.29. The molecular weight excluding hydrogens is 392 g/mol. The largest absolute Gasteiger partial charge is 0.508 e. The fraction of sp³-hybridized carbons (Fsp3) is 0.385. The number of hydrogen-bond donors (Lipinski definition) is 1. The number of hydrogen-bond acceptors (Lipinski definition) is 5. The normalized spacial score (nSPS) is 21.5. The third kappa shape index (κ3) is 3.14. The van der Waals surface area contributed by atoms with Crippen molar-refractivity contribution in [2.45, 2.75) is 51.7 Å². The molecule has 0 bridgehead atoms. The fourth-order valence-electron chi connectivity index (χ4n) is 4.66. The molecule has 0 radical (unpaired) electrons. The Morgan fingerprint density at radius 3 is 2.81 bits per heavy atom. The maximum atomic E-state index is 10.5. The predicted octanol–water partition coefficient (Wildman–Crippen LogP) is 5.70. The number of phenolic OH excluding ortho intramolecular Hbond substituents is 1. The first-order valence-corrected chi connectivity index (χ1v) is 10.7. The minimum Gasteiger partial charge on any atom is -0.508 e. The molecule has 5 rings (SSSR count). The first-order chi connectivity index (χ1) is 14.8. The molecule has 0 aliphatic carbocycles. The van der Waals surface area contributed by atoms with Crippen LogP contribution in [0.2, 0.25) is 0 Å². The molecule has 0 saturated carbocycles. The molecule has 0 spiro atoms. The van der Waals surface area contributed by atoms with E-state index in [0.717, 1.165) is 45.3 Å². The van der Waals surface area contributed by atoms with Crippen molar-refractivity contribution < 1.29 is 24.1 Å². The number of fused-ring (bicyclic) bond motifs is 6. The Hall–Kier alpha value is -3.08. The highest BCUT2D eigenvalue weighted by Gasteiger charge is 2.45. The molecule has 0 unspecified atom stereocenters. The van der Waals surface area contributed by atoms with E-state index in [1.807, 2.05) is 32.1 Å². The minimum absolute atomic E-state index is 0.0328. The molecule has 2 aromatic carbocycles. The summed E-state index contributed by atoms with van der Waals surface area (Å²) in [5, 5.41) is 10.5. The Morgan fingerprint density at radius 2 is 2.06 bits per heavy atom. The van der Waals surface area contributed by atoms with Gasteiger partial charge in [0.15, 0.2) is 0 Å². The lowest BCUT2D eigenvalue weighted by atomic mass is 9.86. The van der Waals surface area contributed by atoms with Gasteiger partial charge in [0.2, 0.25) is 0 Å². The maximum absolute atomic E-state index is 10.5. The molecule has 0 fully saturated rings. The topological polar surface area (TPSA) is 57.2 Å². The third-order valence-corrected chi connectivity index (χ3v) is 6.20. The van der Waals surface area contributed by atoms with Crippen molar-refractivity contribution in [2.75, 3.05) is 13.7 Å². The van der Waals surface area contributed by atoms with E-state index in [1.54, 1.807) is 13.2 Å². The van der Waals surface area contributed by atoms with Gasteiger partial charge >= 0.3 is 0 Å². The Kier molecular flexibility index (Phi) is 4.47. The highest BCUT2D eigenvalue weighted by molar-refractivity contribution is 5.73. The quantitative estimate of drug-likeness (QED) is 0.645. The molecule has 162 valence electrons. The Balaban J connectivity index is 1.62. The zero-order valence-corrected chi connectivity index (χ0v) is 18.6. The van der Waals surface area contributed by atoms with Gasteiger partial charge in [-0.15, -0.1) is 0 Å². The molecule has 3 aliphatic rings. The summed E-state index contributed by atoms with van der Waals surface area (Å²) in [5.74, 6) is 3.25. The van der Waals surface area contributed by atoms with Crippen LogP contribution in [0.4, 0.5) is 0 Å². The van der Waals surface area contributed by atoms with Gasteiger partial charge < -0.3 is 24.1 Å². The molecular formula is C26H28O5. The van der Waals surface area contributed by atoms with Gasteiger partial charge in [-0.3, -0.25) is 0 Å². The van der Waals surface area contributed by atoms with E-state index < -0.39 is 0 Å². The van der Waals surface area contributed by atoms with Crippen LogP contribution in [0.3, 0.4) is 0 Å². The van der Waals surface area contributed by atoms with E-state index in [-0.39, 0.29) is 23.4 Å². The van der Waals surface area contributed by atoms with Gasteiger partial charge in [0, 0.05) is 17.2 Å². The summed E-state index contributed by atoms with van der Waals surface area (Å²) in [4.78, 5) is 0. The number of phenols is 1. The van der Waals surface area contributed by atoms with Crippen LogP contribution < -0.4 is 18.9 Å². The van der Waals surface area contributed by atoms with Crippen LogP contribution >= 0.6 is 0 Å². The lowest BCUT2D eigenvalue weighted by Gasteiger charge is -2.34. The van der Waals surface area contributed by atoms with Crippen LogP contribution in [0, 0.1) is 0 Å². The Bertz CT molecular complexity index is 1120. The second-order valence-electron chi connectivity index (χ2n) is 9.20. The molecule has 2 atom stereocenters. The summed E-state index contributed by atoms with van der Waals surface area (Å²) in [6.45, 7) is 8.64. The average molecular weight is 421 g/mol. The molecule has 3 aliphatic heterocycles. The summed E-state index contributed by atoms with van der Waals surface area (Å²) in [5.41, 5.74) is 4.49. The zero-order valence-electron chi connectivity index (χ0n) is 18.6. The molecule has 0 amide bonds. The zero-order chi connectivity index (χ0) is 21.9. The summed E-state index contributed by atoms with van der Waals surface area (Å²) < 4.78 is 24.8. The van der Waals surface area contributed by atoms with Crippen molar-refractivity contribution in [3.05, 3.63) is 58.2 Å². The SMILES string of the molecule is COc1c2c(cc3c1[C@H]1Oc4c(ccc(O)c4CC=C(C)C)[C@@H]1CO3)OC(C)(C)C=C2. The Morgan fingerprint density at radius 1 is 1.26 bits per heavy atom. The first kappa shape index (κ1) is 19.9. The summed E-state index contributed by atoms with van der Waals surface area (Å²) >= 11 is 0. The fourth-order valence-corrected chi connectivity index (χ4v) is 4.66. The van der Waals surface area contributed by atoms with Crippen LogP contribution in [0.1, 0.15) is 62.0 Å². The predicted molar refractivity (Wildman–Crippen MR) is 120 cm³/mol. The van der Waals surface area contributed by atoms with E-state index in [1.165, 1.54) is 5.57 Å². The number of ether oxygens (including phenoxy) is 4. The number of allylic oxidation sites excluding steroid dienone is 2. The van der Waals surface area contributed by atoms with E-state index in [2.05, 4.69) is 26.0 Å². The number of aromatic hydroxyl groups is 1. The number of rotatable bonds is 3. The first-order valence-electron chi connectivity index (χ1n) is 10.7. The smallest absolute Gasteiger partial charge is 0.141 e. The van der Waals surface area contributed by atoms with Crippen LogP contribution in [-0.4, -0.2) is 24.4 Å². The van der Waals surface area contributed by atoms with Gasteiger partial charge in [-0.05, 0) is 52.3 Å². The van der Waals surface area contributed by atoms with Gasteiger partial charge in [-0.25, -0.2) is 0 Å². The molecule has 31 heavy (non-hydrogen) atoms. The van der Waals surface area contributed by atoms with E-state index in [9.17, 15) is 5.11 Å². The monoisotopic (exact) mass is 420 g/mol. The van der Waals surface area contributed by atoms with E-state index >= 15 is 0 Å². The molecule has 2 aromatic rings. The third-order valence-electron chi connectivity index (χ3n) is 6.20. The van der Waals surface area contributed by atoms with Gasteiger partial charge in [0.05, 0.1) is 30.8 Å². The van der Waals surface area contributed by atoms with Crippen molar-refractivity contribution in [1.29, 1.82) is 0 Å². The molecule has 0 aromatic heterocycles. The summed E-state index contributed by atoms with van der Waals surface area (Å²) in [7, 11) is 1.67. The highest BCUT2D eigenvalue weighted by Crippen LogP contribution is 2.58. The Labute approximate surface area is 182 Å². The van der Waals surface area contributed by atoms with Gasteiger partial charge in [-0.1, -0.05) is 17.7 Å². The highest BCUT2D eigenvalue weighted by atomic mass is 16.5. The summed E-state index contributed by atoms with van der Waals surface area (Å²) in [6.07, 6.45) is 6.57. The second kappa shape index (κ2) is 6.98. The standard InChI is InChI=1S/C26H28O5/c1-14(2)6-7-16-19(27)9-8-15-18-13-29-21-12-20-17(10-11-26(3,4)31-20)24(28-5)22(21)25(18)30-23(15)16/h6,8-12,18,25,27H,7,13H2,1-5H3/t18-,25-/m0/s1. The van der Waals surface area contributed by atoms with Crippen molar-refractivity contribution >= 4 is 6.08 Å². The second-order valence-corrected chi connectivity index (χ2v) is 9.20. The van der Waals surface area contributed by atoms with E-state index in [4.69, 9.17) is 18.9 Å². The van der Waals surface area contributed by atoms with Crippen molar-refractivity contribution in [3.8, 4) is 28.7 Å². The van der Waals surface area contributed by atoms with Crippen molar-refractivity contribution in [3.63, 3.8) is 0 Å². The molecule has 5 heteroatoms. The lowest BCUT2D eigenvalue weighted by molar-refractivity contribution is 0.130. The van der Waals surface area contributed by atoms with Crippen LogP contribution in [0.25, 0.3) is 6.08 Å². The maximum Gasteiger partial charge on any atom is 0.141 e. The van der Waals surface area contributed by atoms with Crippen molar-refractivity contribution in [1.82, 2.24) is 0 Å². The van der Waals surface area contributed by atoms with Crippen molar-refractivity contribution in [2.24, 2.45) is 0 Å². The minimum atomic E-state index is -0.388. The molecule has 5 nitrogen and oxygen atoms in total. The molecule has 3 heterocycles. The van der Waals surface area contributed by atoms with Crippen LogP contribution in [0.5, 0.6) is 28.7 Å².